The van der Waals surface area contributed by atoms with Gasteiger partial charge in [-0.05, 0) is 24.6 Å². The van der Waals surface area contributed by atoms with E-state index in [2.05, 4.69) is 4.74 Å². The number of ether oxygens (including phenoxy) is 1. The maximum absolute atomic E-state index is 12.4. The molecular formula is C15H11F3O2. The second-order valence-corrected chi connectivity index (χ2v) is 4.18. The van der Waals surface area contributed by atoms with Crippen LogP contribution in [0.4, 0.5) is 13.2 Å². The molecule has 2 rings (SSSR count). The van der Waals surface area contributed by atoms with Crippen molar-refractivity contribution in [2.45, 2.75) is 13.3 Å². The Labute approximate surface area is 113 Å². The van der Waals surface area contributed by atoms with E-state index in [-0.39, 0.29) is 17.1 Å². The molecule has 0 heterocycles. The predicted molar refractivity (Wildman–Crippen MR) is 68.6 cm³/mol. The first kappa shape index (κ1) is 14.1. The Morgan fingerprint density at radius 1 is 1.05 bits per heavy atom. The minimum atomic E-state index is -4.76. The zero-order valence-electron chi connectivity index (χ0n) is 10.6. The van der Waals surface area contributed by atoms with Crippen molar-refractivity contribution in [2.75, 3.05) is 0 Å². The lowest BCUT2D eigenvalue weighted by Crippen LogP contribution is -2.17. The molecule has 104 valence electrons. The number of Topliss-reactive ketones (excluding diaryl/α,β-unsaturated/α-hetero) is 1. The molecule has 2 aromatic rings. The summed E-state index contributed by atoms with van der Waals surface area (Å²) < 4.78 is 41.1. The summed E-state index contributed by atoms with van der Waals surface area (Å²) in [6, 6.07) is 12.2. The minimum Gasteiger partial charge on any atom is -0.405 e. The molecule has 0 aliphatic rings. The van der Waals surface area contributed by atoms with E-state index in [1.54, 1.807) is 30.3 Å². The summed E-state index contributed by atoms with van der Waals surface area (Å²) >= 11 is 0. The number of hydrogen-bond acceptors (Lipinski definition) is 2. The summed E-state index contributed by atoms with van der Waals surface area (Å²) in [4.78, 5) is 11.3. The van der Waals surface area contributed by atoms with Crippen LogP contribution in [0.1, 0.15) is 17.3 Å². The van der Waals surface area contributed by atoms with Crippen molar-refractivity contribution in [3.63, 3.8) is 0 Å². The Hall–Kier alpha value is -2.30. The van der Waals surface area contributed by atoms with Crippen LogP contribution in [0.25, 0.3) is 11.1 Å². The van der Waals surface area contributed by atoms with E-state index >= 15 is 0 Å². The number of ketones is 1. The molecule has 0 bridgehead atoms. The minimum absolute atomic E-state index is 0.152. The summed E-state index contributed by atoms with van der Waals surface area (Å²) in [7, 11) is 0. The number of halogens is 3. The van der Waals surface area contributed by atoms with Gasteiger partial charge in [-0.25, -0.2) is 0 Å². The largest absolute Gasteiger partial charge is 0.573 e. The number of benzene rings is 2. The van der Waals surface area contributed by atoms with Crippen LogP contribution in [0.5, 0.6) is 5.75 Å². The topological polar surface area (TPSA) is 26.3 Å². The molecule has 0 saturated carbocycles. The first-order valence-corrected chi connectivity index (χ1v) is 5.83. The van der Waals surface area contributed by atoms with E-state index in [4.69, 9.17) is 0 Å². The third kappa shape index (κ3) is 3.38. The van der Waals surface area contributed by atoms with E-state index in [1.807, 2.05) is 0 Å². The number of rotatable bonds is 3. The van der Waals surface area contributed by atoms with Gasteiger partial charge in [0.15, 0.2) is 5.78 Å². The highest BCUT2D eigenvalue weighted by Crippen LogP contribution is 2.33. The molecule has 0 saturated heterocycles. The molecule has 5 heteroatoms. The second-order valence-electron chi connectivity index (χ2n) is 4.18. The molecule has 0 fully saturated rings. The van der Waals surface area contributed by atoms with Gasteiger partial charge in [0.1, 0.15) is 5.75 Å². The Bertz CT molecular complexity index is 633. The monoisotopic (exact) mass is 280 g/mol. The van der Waals surface area contributed by atoms with Crippen molar-refractivity contribution >= 4 is 5.78 Å². The molecule has 0 aliphatic carbocycles. The van der Waals surface area contributed by atoms with E-state index in [1.165, 1.54) is 25.1 Å². The lowest BCUT2D eigenvalue weighted by molar-refractivity contribution is -0.274. The van der Waals surface area contributed by atoms with Crippen molar-refractivity contribution in [1.29, 1.82) is 0 Å². The van der Waals surface area contributed by atoms with Gasteiger partial charge in [0.05, 0.1) is 0 Å². The molecule has 20 heavy (non-hydrogen) atoms. The van der Waals surface area contributed by atoms with Gasteiger partial charge in [0, 0.05) is 11.1 Å². The maximum Gasteiger partial charge on any atom is 0.573 e. The zero-order chi connectivity index (χ0) is 14.8. The number of carbonyl (C=O) groups excluding carboxylic acids is 1. The zero-order valence-corrected chi connectivity index (χ0v) is 10.6. The predicted octanol–water partition coefficient (Wildman–Crippen LogP) is 4.45. The normalized spacial score (nSPS) is 11.2. The molecule has 0 unspecified atom stereocenters. The van der Waals surface area contributed by atoms with Crippen LogP contribution in [-0.2, 0) is 0 Å². The Morgan fingerprint density at radius 3 is 2.40 bits per heavy atom. The summed E-state index contributed by atoms with van der Waals surface area (Å²) in [6.07, 6.45) is -4.76. The number of hydrogen-bond donors (Lipinski definition) is 0. The van der Waals surface area contributed by atoms with Crippen LogP contribution < -0.4 is 4.74 Å². The van der Waals surface area contributed by atoms with Crippen LogP contribution in [0, 0.1) is 0 Å². The smallest absolute Gasteiger partial charge is 0.405 e. The van der Waals surface area contributed by atoms with Crippen LogP contribution in [0.15, 0.2) is 48.5 Å². The highest BCUT2D eigenvalue weighted by Gasteiger charge is 2.32. The van der Waals surface area contributed by atoms with E-state index < -0.39 is 6.36 Å². The highest BCUT2D eigenvalue weighted by atomic mass is 19.4. The average Bonchev–Trinajstić information content (AvgIpc) is 2.37. The first-order valence-electron chi connectivity index (χ1n) is 5.83. The average molecular weight is 280 g/mol. The maximum atomic E-state index is 12.4. The van der Waals surface area contributed by atoms with E-state index in [0.717, 1.165) is 0 Å². The first-order chi connectivity index (χ1) is 9.37. The van der Waals surface area contributed by atoms with Gasteiger partial charge in [-0.3, -0.25) is 4.79 Å². The molecule has 0 amide bonds. The number of para-hydroxylation sites is 1. The standard InChI is InChI=1S/C15H11F3O2/c1-10(19)11-5-4-6-12(9-11)13-7-2-3-8-14(13)20-15(16,17)18/h2-9H,1H3. The van der Waals surface area contributed by atoms with Crippen molar-refractivity contribution in [3.8, 4) is 16.9 Å². The molecular weight excluding hydrogens is 269 g/mol. The van der Waals surface area contributed by atoms with Crippen LogP contribution in [0.3, 0.4) is 0 Å². The van der Waals surface area contributed by atoms with Gasteiger partial charge in [0.25, 0.3) is 0 Å². The Balaban J connectivity index is 2.47. The lowest BCUT2D eigenvalue weighted by atomic mass is 10.0. The van der Waals surface area contributed by atoms with Crippen molar-refractivity contribution < 1.29 is 22.7 Å². The van der Waals surface area contributed by atoms with Gasteiger partial charge in [0.2, 0.25) is 0 Å². The second kappa shape index (κ2) is 5.36. The summed E-state index contributed by atoms with van der Waals surface area (Å²) in [5.41, 5.74) is 1.22. The van der Waals surface area contributed by atoms with E-state index in [9.17, 15) is 18.0 Å². The molecule has 0 aromatic heterocycles. The molecule has 2 nitrogen and oxygen atoms in total. The Morgan fingerprint density at radius 2 is 1.75 bits per heavy atom. The van der Waals surface area contributed by atoms with Gasteiger partial charge in [-0.1, -0.05) is 36.4 Å². The molecule has 2 aromatic carbocycles. The van der Waals surface area contributed by atoms with Gasteiger partial charge in [-0.2, -0.15) is 0 Å². The van der Waals surface area contributed by atoms with Crippen LogP contribution in [0.2, 0.25) is 0 Å². The highest BCUT2D eigenvalue weighted by molar-refractivity contribution is 5.95. The molecule has 0 spiro atoms. The SMILES string of the molecule is CC(=O)c1cccc(-c2ccccc2OC(F)(F)F)c1. The molecule has 0 radical (unpaired) electrons. The summed E-state index contributed by atoms with van der Waals surface area (Å²) in [6.45, 7) is 1.40. The van der Waals surface area contributed by atoms with Crippen LogP contribution >= 0.6 is 0 Å². The molecule has 0 aliphatic heterocycles. The van der Waals surface area contributed by atoms with Gasteiger partial charge in [-0.15, -0.1) is 13.2 Å². The molecule has 0 atom stereocenters. The van der Waals surface area contributed by atoms with Crippen molar-refractivity contribution in [3.05, 3.63) is 54.1 Å². The molecule has 0 N–H and O–H groups in total. The van der Waals surface area contributed by atoms with Crippen molar-refractivity contribution in [1.82, 2.24) is 0 Å². The summed E-state index contributed by atoms with van der Waals surface area (Å²) in [5, 5.41) is 0. The lowest BCUT2D eigenvalue weighted by Gasteiger charge is -2.13. The van der Waals surface area contributed by atoms with Crippen LogP contribution in [-0.4, -0.2) is 12.1 Å². The van der Waals surface area contributed by atoms with Gasteiger partial charge >= 0.3 is 6.36 Å². The van der Waals surface area contributed by atoms with Gasteiger partial charge < -0.3 is 4.74 Å². The fourth-order valence-electron chi connectivity index (χ4n) is 1.82. The van der Waals surface area contributed by atoms with Crippen molar-refractivity contribution in [2.24, 2.45) is 0 Å². The summed E-state index contributed by atoms with van der Waals surface area (Å²) in [5.74, 6) is -0.443. The fraction of sp³-hybridized carbons (Fsp3) is 0.133. The quantitative estimate of drug-likeness (QED) is 0.776. The number of alkyl halides is 3. The van der Waals surface area contributed by atoms with E-state index in [0.29, 0.717) is 11.1 Å². The third-order valence-corrected chi connectivity index (χ3v) is 2.69. The number of carbonyl (C=O) groups is 1. The Kier molecular flexibility index (Phi) is 3.79. The third-order valence-electron chi connectivity index (χ3n) is 2.69. The fourth-order valence-corrected chi connectivity index (χ4v) is 1.82.